The van der Waals surface area contributed by atoms with Gasteiger partial charge in [-0.15, -0.1) is 10.2 Å². The van der Waals surface area contributed by atoms with Gasteiger partial charge in [-0.25, -0.2) is 9.37 Å². The summed E-state index contributed by atoms with van der Waals surface area (Å²) in [6, 6.07) is 13.6. The fraction of sp³-hybridized carbons (Fsp3) is 0.238. The first-order valence-corrected chi connectivity index (χ1v) is 10.7. The van der Waals surface area contributed by atoms with Crippen LogP contribution >= 0.6 is 11.8 Å². The Morgan fingerprint density at radius 3 is 2.81 bits per heavy atom. The van der Waals surface area contributed by atoms with E-state index in [-0.39, 0.29) is 24.1 Å². The molecule has 0 bridgehead atoms. The molecule has 31 heavy (non-hydrogen) atoms. The van der Waals surface area contributed by atoms with Crippen LogP contribution in [0.15, 0.2) is 58.2 Å². The average Bonchev–Trinajstić information content (AvgIpc) is 3.41. The number of imidazole rings is 1. The van der Waals surface area contributed by atoms with E-state index in [9.17, 15) is 9.18 Å². The molecule has 2 N–H and O–H groups in total. The molecule has 0 saturated heterocycles. The Kier molecular flexibility index (Phi) is 6.78. The van der Waals surface area contributed by atoms with E-state index in [4.69, 9.17) is 9.15 Å². The van der Waals surface area contributed by atoms with Gasteiger partial charge in [0.15, 0.2) is 0 Å². The topological polar surface area (TPSA) is 106 Å². The van der Waals surface area contributed by atoms with E-state index in [2.05, 4.69) is 25.5 Å². The van der Waals surface area contributed by atoms with Crippen molar-refractivity contribution in [1.82, 2.24) is 25.5 Å². The molecule has 10 heteroatoms. The van der Waals surface area contributed by atoms with Crippen LogP contribution in [0.25, 0.3) is 11.0 Å². The minimum absolute atomic E-state index is 0.155. The van der Waals surface area contributed by atoms with Crippen LogP contribution in [-0.4, -0.2) is 45.0 Å². The van der Waals surface area contributed by atoms with Crippen molar-refractivity contribution in [2.24, 2.45) is 0 Å². The Labute approximate surface area is 181 Å². The fourth-order valence-electron chi connectivity index (χ4n) is 2.82. The van der Waals surface area contributed by atoms with Crippen LogP contribution in [0.2, 0.25) is 0 Å². The van der Waals surface area contributed by atoms with Gasteiger partial charge in [-0.2, -0.15) is 0 Å². The maximum atomic E-state index is 12.8. The van der Waals surface area contributed by atoms with E-state index in [1.54, 1.807) is 0 Å². The summed E-state index contributed by atoms with van der Waals surface area (Å²) in [7, 11) is 0. The molecule has 2 aromatic heterocycles. The molecule has 0 aliphatic carbocycles. The van der Waals surface area contributed by atoms with Gasteiger partial charge in [-0.05, 0) is 36.4 Å². The third-order valence-electron chi connectivity index (χ3n) is 4.30. The number of carbonyl (C=O) groups is 1. The number of hydrogen-bond donors (Lipinski definition) is 2. The lowest BCUT2D eigenvalue weighted by Crippen LogP contribution is -2.29. The lowest BCUT2D eigenvalue weighted by molar-refractivity contribution is -0.118. The zero-order valence-electron chi connectivity index (χ0n) is 16.5. The molecule has 2 aromatic carbocycles. The molecule has 1 amide bonds. The normalized spacial score (nSPS) is 11.0. The molecule has 0 fully saturated rings. The summed E-state index contributed by atoms with van der Waals surface area (Å²) in [5.74, 6) is 1.56. The lowest BCUT2D eigenvalue weighted by atomic mass is 10.3. The number of ether oxygens (including phenoxy) is 1. The number of carbonyl (C=O) groups excluding carboxylic acids is 1. The fourth-order valence-corrected chi connectivity index (χ4v) is 3.43. The first-order valence-electron chi connectivity index (χ1n) is 9.69. The molecule has 0 aliphatic heterocycles. The standard InChI is InChI=1S/C21H20FN5O3S/c22-14-5-7-15(8-6-14)29-12-11-23-19(28)13-31-21-27-26-20(30-21)10-9-18-24-16-3-1-2-4-17(16)25-18/h1-8H,9-13H2,(H,23,28)(H,24,25). The summed E-state index contributed by atoms with van der Waals surface area (Å²) in [6.45, 7) is 0.623. The van der Waals surface area contributed by atoms with Gasteiger partial charge >= 0.3 is 0 Å². The monoisotopic (exact) mass is 441 g/mol. The Bertz CT molecular complexity index is 1110. The minimum atomic E-state index is -0.323. The van der Waals surface area contributed by atoms with Crippen molar-refractivity contribution in [2.45, 2.75) is 18.1 Å². The Hall–Kier alpha value is -3.40. The molecule has 2 heterocycles. The molecule has 0 aliphatic rings. The molecular weight excluding hydrogens is 421 g/mol. The van der Waals surface area contributed by atoms with Crippen molar-refractivity contribution in [3.8, 4) is 5.75 Å². The van der Waals surface area contributed by atoms with Crippen molar-refractivity contribution < 1.29 is 18.3 Å². The second-order valence-electron chi connectivity index (χ2n) is 6.60. The van der Waals surface area contributed by atoms with Crippen molar-refractivity contribution >= 4 is 28.7 Å². The van der Waals surface area contributed by atoms with Gasteiger partial charge in [-0.3, -0.25) is 4.79 Å². The number of H-pyrrole nitrogens is 1. The molecule has 4 aromatic rings. The van der Waals surface area contributed by atoms with Crippen LogP contribution in [0.1, 0.15) is 11.7 Å². The van der Waals surface area contributed by atoms with Crippen LogP contribution in [0.4, 0.5) is 4.39 Å². The summed E-state index contributed by atoms with van der Waals surface area (Å²) in [6.07, 6.45) is 1.20. The third kappa shape index (κ3) is 6.05. The predicted molar refractivity (Wildman–Crippen MR) is 113 cm³/mol. The summed E-state index contributed by atoms with van der Waals surface area (Å²) >= 11 is 1.17. The smallest absolute Gasteiger partial charge is 0.277 e. The van der Waals surface area contributed by atoms with Crippen molar-refractivity contribution in [3.63, 3.8) is 0 Å². The van der Waals surface area contributed by atoms with Crippen molar-refractivity contribution in [3.05, 3.63) is 66.1 Å². The molecule has 0 saturated carbocycles. The average molecular weight is 441 g/mol. The number of para-hydroxylation sites is 2. The number of rotatable bonds is 10. The first-order chi connectivity index (χ1) is 15.2. The minimum Gasteiger partial charge on any atom is -0.492 e. The van der Waals surface area contributed by atoms with Crippen LogP contribution in [-0.2, 0) is 17.6 Å². The highest BCUT2D eigenvalue weighted by Crippen LogP contribution is 2.17. The molecule has 160 valence electrons. The van der Waals surface area contributed by atoms with Crippen LogP contribution < -0.4 is 10.1 Å². The molecular formula is C21H20FN5O3S. The van der Waals surface area contributed by atoms with Gasteiger partial charge in [0, 0.05) is 12.8 Å². The third-order valence-corrected chi connectivity index (χ3v) is 5.11. The number of benzene rings is 2. The molecule has 4 rings (SSSR count). The largest absolute Gasteiger partial charge is 0.492 e. The number of nitrogens with zero attached hydrogens (tertiary/aromatic N) is 3. The Morgan fingerprint density at radius 1 is 1.13 bits per heavy atom. The summed E-state index contributed by atoms with van der Waals surface area (Å²) in [5, 5.41) is 11.1. The van der Waals surface area contributed by atoms with Gasteiger partial charge in [0.2, 0.25) is 11.8 Å². The van der Waals surface area contributed by atoms with E-state index in [0.717, 1.165) is 16.9 Å². The first kappa shape index (κ1) is 20.9. The number of hydrogen-bond acceptors (Lipinski definition) is 7. The number of nitrogens with one attached hydrogen (secondary N) is 2. The predicted octanol–water partition coefficient (Wildman–Crippen LogP) is 3.16. The van der Waals surface area contributed by atoms with Gasteiger partial charge < -0.3 is 19.5 Å². The van der Waals surface area contributed by atoms with Gasteiger partial charge in [0.25, 0.3) is 5.22 Å². The summed E-state index contributed by atoms with van der Waals surface area (Å²) < 4.78 is 23.8. The molecule has 0 atom stereocenters. The number of thioether (sulfide) groups is 1. The SMILES string of the molecule is O=C(CSc1nnc(CCc2nc3ccccc3[nH]2)o1)NCCOc1ccc(F)cc1. The zero-order valence-corrected chi connectivity index (χ0v) is 17.3. The van der Waals surface area contributed by atoms with Crippen LogP contribution in [0.5, 0.6) is 5.75 Å². The van der Waals surface area contributed by atoms with E-state index >= 15 is 0 Å². The van der Waals surface area contributed by atoms with E-state index in [1.807, 2.05) is 24.3 Å². The number of aryl methyl sites for hydroxylation is 2. The van der Waals surface area contributed by atoms with Gasteiger partial charge in [0.05, 0.1) is 23.3 Å². The Balaban J connectivity index is 1.15. The lowest BCUT2D eigenvalue weighted by Gasteiger charge is -2.07. The quantitative estimate of drug-likeness (QED) is 0.288. The van der Waals surface area contributed by atoms with Crippen LogP contribution in [0, 0.1) is 5.82 Å². The van der Waals surface area contributed by atoms with Crippen molar-refractivity contribution in [2.75, 3.05) is 18.9 Å². The highest BCUT2D eigenvalue weighted by atomic mass is 32.2. The second-order valence-corrected chi connectivity index (χ2v) is 7.53. The Morgan fingerprint density at radius 2 is 1.97 bits per heavy atom. The van der Waals surface area contributed by atoms with Gasteiger partial charge in [0.1, 0.15) is 24.0 Å². The number of amides is 1. The van der Waals surface area contributed by atoms with Gasteiger partial charge in [-0.1, -0.05) is 23.9 Å². The maximum absolute atomic E-state index is 12.8. The number of aromatic nitrogens is 4. The number of fused-ring (bicyclic) bond motifs is 1. The molecule has 0 unspecified atom stereocenters. The van der Waals surface area contributed by atoms with E-state index < -0.39 is 0 Å². The highest BCUT2D eigenvalue weighted by Gasteiger charge is 2.11. The summed E-state index contributed by atoms with van der Waals surface area (Å²) in [4.78, 5) is 19.7. The van der Waals surface area contributed by atoms with Crippen LogP contribution in [0.3, 0.4) is 0 Å². The number of halogens is 1. The number of aromatic amines is 1. The second kappa shape index (κ2) is 10.1. The molecule has 8 nitrogen and oxygen atoms in total. The zero-order chi connectivity index (χ0) is 21.5. The maximum Gasteiger partial charge on any atom is 0.277 e. The molecule has 0 radical (unpaired) electrons. The van der Waals surface area contributed by atoms with E-state index in [0.29, 0.717) is 36.2 Å². The molecule has 0 spiro atoms. The van der Waals surface area contributed by atoms with Crippen molar-refractivity contribution in [1.29, 1.82) is 0 Å². The summed E-state index contributed by atoms with van der Waals surface area (Å²) in [5.41, 5.74) is 1.92. The highest BCUT2D eigenvalue weighted by molar-refractivity contribution is 7.99. The van der Waals surface area contributed by atoms with E-state index in [1.165, 1.54) is 36.0 Å².